The zero-order chi connectivity index (χ0) is 34.2. The molecule has 48 heavy (non-hydrogen) atoms. The Hall–Kier alpha value is -4.46. The van der Waals surface area contributed by atoms with Crippen LogP contribution in [0.2, 0.25) is 0 Å². The second-order valence-corrected chi connectivity index (χ2v) is 14.9. The van der Waals surface area contributed by atoms with Crippen LogP contribution in [0.5, 0.6) is 5.75 Å². The van der Waals surface area contributed by atoms with Crippen molar-refractivity contribution in [2.45, 2.75) is 95.0 Å². The Bertz CT molecular complexity index is 1740. The number of aryl methyl sites for hydroxylation is 1. The van der Waals surface area contributed by atoms with Gasteiger partial charge in [0.1, 0.15) is 40.9 Å². The fraction of sp³-hybridized carbons (Fsp3) is 0.529. The zero-order valence-electron chi connectivity index (χ0n) is 27.6. The molecule has 5 atom stereocenters. The van der Waals surface area contributed by atoms with Crippen LogP contribution in [0, 0.1) is 5.92 Å². The molecular weight excluding hydrogens is 636 g/mol. The number of carboxylic acid groups (broad SMARTS) is 1. The fourth-order valence-electron chi connectivity index (χ4n) is 6.50. The van der Waals surface area contributed by atoms with E-state index in [0.717, 1.165) is 40.2 Å². The lowest BCUT2D eigenvalue weighted by Crippen LogP contribution is -2.56. The molecule has 0 aromatic carbocycles. The van der Waals surface area contributed by atoms with Crippen molar-refractivity contribution in [3.8, 4) is 16.5 Å². The number of hydrogen-bond donors (Lipinski definition) is 3. The summed E-state index contributed by atoms with van der Waals surface area (Å²) in [5.41, 5.74) is -1.46. The summed E-state index contributed by atoms with van der Waals surface area (Å²) >= 11 is 1.48. The number of ether oxygens (including phenoxy) is 2. The molecule has 1 saturated heterocycles. The molecule has 6 rings (SSSR count). The van der Waals surface area contributed by atoms with Gasteiger partial charge >= 0.3 is 12.1 Å². The third kappa shape index (κ3) is 7.03. The smallest absolute Gasteiger partial charge is 0.408 e. The molecule has 1 saturated carbocycles. The van der Waals surface area contributed by atoms with E-state index < -0.39 is 53.2 Å². The van der Waals surface area contributed by atoms with Gasteiger partial charge in [-0.15, -0.1) is 11.3 Å². The van der Waals surface area contributed by atoms with Crippen LogP contribution >= 0.6 is 11.3 Å². The number of allylic oxidation sites excluding steroid dienone is 1. The van der Waals surface area contributed by atoms with Gasteiger partial charge in [-0.3, -0.25) is 14.6 Å². The Labute approximate surface area is 282 Å². The molecular formula is C34H42N6O7S. The maximum atomic E-state index is 14.3. The van der Waals surface area contributed by atoms with E-state index in [-0.39, 0.29) is 25.3 Å². The number of nitrogens with one attached hydrogen (secondary N) is 2. The summed E-state index contributed by atoms with van der Waals surface area (Å²) in [6.07, 6.45) is 11.6. The summed E-state index contributed by atoms with van der Waals surface area (Å²) in [6.45, 7) is 5.29. The van der Waals surface area contributed by atoms with Crippen LogP contribution in [0.3, 0.4) is 0 Å². The molecule has 2 aliphatic heterocycles. The number of thiophene rings is 1. The molecule has 3 aromatic rings. The number of rotatable bonds is 5. The van der Waals surface area contributed by atoms with Crippen molar-refractivity contribution in [3.05, 3.63) is 42.9 Å². The number of fused-ring (bicyclic) bond motifs is 3. The number of alkyl carbamates (subject to hydrolysis) is 1. The van der Waals surface area contributed by atoms with E-state index in [1.54, 1.807) is 39.2 Å². The lowest BCUT2D eigenvalue weighted by atomic mass is 10.0. The fourth-order valence-corrected chi connectivity index (χ4v) is 7.61. The minimum Gasteiger partial charge on any atom is -0.487 e. The van der Waals surface area contributed by atoms with Crippen molar-refractivity contribution in [1.29, 1.82) is 0 Å². The van der Waals surface area contributed by atoms with E-state index in [4.69, 9.17) is 9.47 Å². The third-order valence-electron chi connectivity index (χ3n) is 9.02. The van der Waals surface area contributed by atoms with E-state index in [2.05, 4.69) is 20.6 Å². The molecule has 3 aromatic heterocycles. The first-order valence-electron chi connectivity index (χ1n) is 16.4. The lowest BCUT2D eigenvalue weighted by molar-refractivity contribution is -0.145. The highest BCUT2D eigenvalue weighted by atomic mass is 32.1. The van der Waals surface area contributed by atoms with Gasteiger partial charge in [-0.1, -0.05) is 25.0 Å². The first-order valence-corrected chi connectivity index (χ1v) is 17.2. The average Bonchev–Trinajstić information content (AvgIpc) is 3.36. The van der Waals surface area contributed by atoms with Crippen molar-refractivity contribution in [1.82, 2.24) is 30.1 Å². The highest BCUT2D eigenvalue weighted by molar-refractivity contribution is 7.22. The molecule has 0 bridgehead atoms. The first kappa shape index (κ1) is 33.4. The van der Waals surface area contributed by atoms with E-state index in [9.17, 15) is 24.3 Å². The second kappa shape index (κ2) is 13.2. The first-order chi connectivity index (χ1) is 22.8. The molecule has 3 amide bonds. The highest BCUT2D eigenvalue weighted by Gasteiger charge is 2.61. The van der Waals surface area contributed by atoms with Crippen LogP contribution in [0.1, 0.15) is 65.7 Å². The number of carbonyl (C=O) groups is 4. The Balaban J connectivity index is 1.29. The Morgan fingerprint density at radius 3 is 2.71 bits per heavy atom. The lowest BCUT2D eigenvalue weighted by Gasteiger charge is -2.30. The van der Waals surface area contributed by atoms with Gasteiger partial charge in [0.2, 0.25) is 11.8 Å². The number of pyridine rings is 1. The summed E-state index contributed by atoms with van der Waals surface area (Å²) in [5.74, 6) is -1.09. The predicted molar refractivity (Wildman–Crippen MR) is 178 cm³/mol. The SMILES string of the molecule is Cn1ccnc1-c1cc2nccc(O[C@@H]3C[C@H]4C(=O)N[C@]5(C(=O)O)C[C@H]5C=CCCCCC[C@H](NC(=O)OC(C)(C)C)C(=O)N4C3)c2s1. The van der Waals surface area contributed by atoms with Gasteiger partial charge in [-0.2, -0.15) is 0 Å². The van der Waals surface area contributed by atoms with Gasteiger partial charge in [-0.25, -0.2) is 14.6 Å². The van der Waals surface area contributed by atoms with Crippen molar-refractivity contribution in [3.63, 3.8) is 0 Å². The van der Waals surface area contributed by atoms with Gasteiger partial charge < -0.3 is 34.7 Å². The number of aliphatic carboxylic acids is 1. The van der Waals surface area contributed by atoms with Crippen LogP contribution in [0.15, 0.2) is 42.9 Å². The quantitative estimate of drug-likeness (QED) is 0.332. The zero-order valence-corrected chi connectivity index (χ0v) is 28.4. The highest BCUT2D eigenvalue weighted by Crippen LogP contribution is 2.45. The van der Waals surface area contributed by atoms with E-state index >= 15 is 0 Å². The Morgan fingerprint density at radius 1 is 1.17 bits per heavy atom. The number of nitrogens with zero attached hydrogens (tertiary/aromatic N) is 4. The van der Waals surface area contributed by atoms with Gasteiger partial charge in [0.05, 0.1) is 21.6 Å². The summed E-state index contributed by atoms with van der Waals surface area (Å²) in [5, 5.41) is 15.7. The van der Waals surface area contributed by atoms with Crippen molar-refractivity contribution < 1.29 is 33.8 Å². The molecule has 3 N–H and O–H groups in total. The minimum atomic E-state index is -1.43. The summed E-state index contributed by atoms with van der Waals surface area (Å²) < 4.78 is 14.7. The Kier molecular flexibility index (Phi) is 9.20. The van der Waals surface area contributed by atoms with Crippen LogP contribution < -0.4 is 15.4 Å². The molecule has 13 nitrogen and oxygen atoms in total. The van der Waals surface area contributed by atoms with Crippen molar-refractivity contribution in [2.24, 2.45) is 13.0 Å². The predicted octanol–water partition coefficient (Wildman–Crippen LogP) is 4.42. The maximum Gasteiger partial charge on any atom is 0.408 e. The van der Waals surface area contributed by atoms with Crippen LogP contribution in [0.4, 0.5) is 4.79 Å². The normalized spacial score (nSPS) is 26.5. The summed E-state index contributed by atoms with van der Waals surface area (Å²) in [6, 6.07) is 1.75. The molecule has 1 aliphatic carbocycles. The molecule has 3 aliphatic rings. The van der Waals surface area contributed by atoms with Gasteiger partial charge in [0.15, 0.2) is 0 Å². The monoisotopic (exact) mass is 678 g/mol. The standard InChI is InChI=1S/C34H42N6O7S/c1-33(2,3)47-32(45)37-22-11-9-7-5-6-8-10-20-18-34(20,31(43)44)38-29(41)24-16-21(19-40(24)30(22)42)46-25-12-13-35-23-17-26(48-27(23)25)28-36-14-15-39(28)4/h8,10,12-15,17,20-22,24H,5-7,9,11,16,18-19H2,1-4H3,(H,37,45)(H,38,41)(H,43,44)/t20-,21-,22+,24+,34-/m1/s1. The van der Waals surface area contributed by atoms with Crippen molar-refractivity contribution >= 4 is 45.4 Å². The van der Waals surface area contributed by atoms with Gasteiger partial charge in [-0.05, 0) is 58.6 Å². The summed E-state index contributed by atoms with van der Waals surface area (Å²) in [7, 11) is 1.92. The van der Waals surface area contributed by atoms with Crippen LogP contribution in [-0.2, 0) is 26.2 Å². The maximum absolute atomic E-state index is 14.3. The molecule has 14 heteroatoms. The number of imidazole rings is 1. The van der Waals surface area contributed by atoms with E-state index in [0.29, 0.717) is 18.6 Å². The number of carboxylic acids is 1. The number of carbonyl (C=O) groups excluding carboxylic acids is 3. The molecule has 2 fully saturated rings. The van der Waals surface area contributed by atoms with Gasteiger partial charge in [0.25, 0.3) is 0 Å². The Morgan fingerprint density at radius 2 is 1.98 bits per heavy atom. The molecule has 0 unspecified atom stereocenters. The van der Waals surface area contributed by atoms with E-state index in [1.807, 2.05) is 36.0 Å². The minimum absolute atomic E-state index is 0.0637. The number of aromatic nitrogens is 3. The van der Waals surface area contributed by atoms with Gasteiger partial charge in [0, 0.05) is 38.0 Å². The number of amides is 3. The topological polar surface area (TPSA) is 165 Å². The van der Waals surface area contributed by atoms with E-state index in [1.165, 1.54) is 16.2 Å². The average molecular weight is 679 g/mol. The molecule has 5 heterocycles. The molecule has 0 spiro atoms. The number of hydrogen-bond acceptors (Lipinski definition) is 9. The second-order valence-electron chi connectivity index (χ2n) is 13.8. The molecule has 0 radical (unpaired) electrons. The largest absolute Gasteiger partial charge is 0.487 e. The third-order valence-corrected chi connectivity index (χ3v) is 10.2. The summed E-state index contributed by atoms with van der Waals surface area (Å²) in [4.78, 5) is 64.8. The van der Waals surface area contributed by atoms with Crippen molar-refractivity contribution in [2.75, 3.05) is 6.54 Å². The molecule has 256 valence electrons. The van der Waals surface area contributed by atoms with Crippen LogP contribution in [0.25, 0.3) is 20.9 Å². The van der Waals surface area contributed by atoms with Crippen LogP contribution in [-0.4, -0.2) is 84.3 Å².